The van der Waals surface area contributed by atoms with Gasteiger partial charge in [0, 0.05) is 29.3 Å². The summed E-state index contributed by atoms with van der Waals surface area (Å²) in [6.45, 7) is 2.87. The van der Waals surface area contributed by atoms with Crippen molar-refractivity contribution >= 4 is 39.7 Å². The lowest BCUT2D eigenvalue weighted by atomic mass is 10.00. The van der Waals surface area contributed by atoms with Gasteiger partial charge in [-0.3, -0.25) is 4.79 Å². The molecule has 2 aromatic rings. The van der Waals surface area contributed by atoms with Gasteiger partial charge in [-0.2, -0.15) is 0 Å². The molecule has 1 fully saturated rings. The number of benzene rings is 1. The number of amides is 1. The summed E-state index contributed by atoms with van der Waals surface area (Å²) in [4.78, 5) is 13.1. The van der Waals surface area contributed by atoms with Crippen molar-refractivity contribution in [1.29, 1.82) is 0 Å². The molecule has 2 N–H and O–H groups in total. The summed E-state index contributed by atoms with van der Waals surface area (Å²) >= 11 is 1.33. The predicted octanol–water partition coefficient (Wildman–Crippen LogP) is 3.34. The van der Waals surface area contributed by atoms with E-state index in [4.69, 9.17) is 4.74 Å². The molecule has 1 unspecified atom stereocenters. The fraction of sp³-hybridized carbons (Fsp3) is 0.471. The molecule has 1 atom stereocenters. The van der Waals surface area contributed by atoms with Crippen molar-refractivity contribution in [3.05, 3.63) is 34.5 Å². The molecule has 4 nitrogen and oxygen atoms in total. The average molecular weight is 373 g/mol. The summed E-state index contributed by atoms with van der Waals surface area (Å²) in [5.41, 5.74) is 0.643. The van der Waals surface area contributed by atoms with Crippen LogP contribution in [-0.2, 0) is 11.3 Å². The summed E-state index contributed by atoms with van der Waals surface area (Å²) in [6.07, 6.45) is 2.27. The van der Waals surface area contributed by atoms with Crippen molar-refractivity contribution in [2.24, 2.45) is 5.92 Å². The van der Waals surface area contributed by atoms with E-state index in [2.05, 4.69) is 10.6 Å². The van der Waals surface area contributed by atoms with Gasteiger partial charge in [-0.25, -0.2) is 4.39 Å². The molecule has 1 aliphatic heterocycles. The first-order chi connectivity index (χ1) is 11.2. The third-order valence-corrected chi connectivity index (χ3v) is 5.40. The minimum atomic E-state index is -0.304. The number of carbonyl (C=O) groups excluding carboxylic acids is 1. The van der Waals surface area contributed by atoms with Crippen LogP contribution in [0.1, 0.15) is 28.1 Å². The predicted molar refractivity (Wildman–Crippen MR) is 97.7 cm³/mol. The van der Waals surface area contributed by atoms with Crippen molar-refractivity contribution < 1.29 is 13.9 Å². The normalized spacial score (nSPS) is 17.5. The maximum atomic E-state index is 14.1. The largest absolute Gasteiger partial charge is 0.380 e. The lowest BCUT2D eigenvalue weighted by molar-refractivity contribution is 0.0944. The van der Waals surface area contributed by atoms with Crippen LogP contribution in [0.2, 0.25) is 0 Å². The second-order valence-corrected chi connectivity index (χ2v) is 6.93. The highest BCUT2D eigenvalue weighted by molar-refractivity contribution is 7.21. The number of hydrogen-bond acceptors (Lipinski definition) is 4. The van der Waals surface area contributed by atoms with Crippen molar-refractivity contribution in [3.8, 4) is 0 Å². The monoisotopic (exact) mass is 372 g/mol. The number of thiophene rings is 1. The Morgan fingerprint density at radius 2 is 2.33 bits per heavy atom. The summed E-state index contributed by atoms with van der Waals surface area (Å²) in [5.74, 6) is 0.0224. The van der Waals surface area contributed by atoms with E-state index in [1.165, 1.54) is 17.4 Å². The van der Waals surface area contributed by atoms with Gasteiger partial charge < -0.3 is 15.4 Å². The lowest BCUT2D eigenvalue weighted by Crippen LogP contribution is -2.38. The molecule has 132 valence electrons. The maximum absolute atomic E-state index is 14.1. The molecular formula is C17H22ClFN2O2S. The molecule has 3 rings (SSSR count). The molecular weight excluding hydrogens is 351 g/mol. The Bertz CT molecular complexity index is 701. The Morgan fingerprint density at radius 1 is 1.50 bits per heavy atom. The highest BCUT2D eigenvalue weighted by Crippen LogP contribution is 2.33. The van der Waals surface area contributed by atoms with Gasteiger partial charge in [0.25, 0.3) is 5.91 Å². The average Bonchev–Trinajstić information content (AvgIpc) is 2.94. The van der Waals surface area contributed by atoms with Crippen LogP contribution >= 0.6 is 23.7 Å². The number of carbonyl (C=O) groups is 1. The van der Waals surface area contributed by atoms with Gasteiger partial charge in [-0.15, -0.1) is 23.7 Å². The first kappa shape index (κ1) is 19.1. The summed E-state index contributed by atoms with van der Waals surface area (Å²) in [5, 5.41) is 6.85. The van der Waals surface area contributed by atoms with Gasteiger partial charge >= 0.3 is 0 Å². The molecule has 1 amide bonds. The third kappa shape index (κ3) is 4.06. The van der Waals surface area contributed by atoms with E-state index in [1.54, 1.807) is 13.2 Å². The number of methoxy groups -OCH3 is 1. The van der Waals surface area contributed by atoms with Gasteiger partial charge in [0.1, 0.15) is 5.82 Å². The van der Waals surface area contributed by atoms with Gasteiger partial charge in [-0.1, -0.05) is 6.07 Å². The van der Waals surface area contributed by atoms with E-state index in [0.717, 1.165) is 30.6 Å². The van der Waals surface area contributed by atoms with E-state index >= 15 is 0 Å². The Kier molecular flexibility index (Phi) is 6.98. The number of rotatable bonds is 5. The zero-order valence-electron chi connectivity index (χ0n) is 13.6. The standard InChI is InChI=1S/C17H21FN2O2S.ClH/c1-22-10-12-15-13(18)5-2-6-14(15)23-16(12)17(21)20-9-11-4-3-7-19-8-11;/h2,5-6,11,19H,3-4,7-10H2,1H3,(H,20,21);1H. The molecule has 0 saturated carbocycles. The molecule has 1 aliphatic rings. The van der Waals surface area contributed by atoms with Gasteiger partial charge in [0.15, 0.2) is 0 Å². The third-order valence-electron chi connectivity index (χ3n) is 4.21. The molecule has 0 bridgehead atoms. The minimum Gasteiger partial charge on any atom is -0.380 e. The van der Waals surface area contributed by atoms with E-state index in [9.17, 15) is 9.18 Å². The molecule has 1 aromatic carbocycles. The molecule has 24 heavy (non-hydrogen) atoms. The second-order valence-electron chi connectivity index (χ2n) is 5.88. The smallest absolute Gasteiger partial charge is 0.261 e. The summed E-state index contributed by atoms with van der Waals surface area (Å²) in [7, 11) is 1.56. The van der Waals surface area contributed by atoms with Crippen molar-refractivity contribution in [2.75, 3.05) is 26.7 Å². The fourth-order valence-corrected chi connectivity index (χ4v) is 4.19. The molecule has 0 spiro atoms. The fourth-order valence-electron chi connectivity index (χ4n) is 3.05. The van der Waals surface area contributed by atoms with E-state index < -0.39 is 0 Å². The van der Waals surface area contributed by atoms with Crippen LogP contribution in [0.3, 0.4) is 0 Å². The summed E-state index contributed by atoms with van der Waals surface area (Å²) < 4.78 is 20.1. The number of ether oxygens (including phenoxy) is 1. The van der Waals surface area contributed by atoms with Crippen LogP contribution in [-0.4, -0.2) is 32.7 Å². The van der Waals surface area contributed by atoms with E-state index in [0.29, 0.717) is 28.3 Å². The van der Waals surface area contributed by atoms with Gasteiger partial charge in [-0.05, 0) is 44.0 Å². The second kappa shape index (κ2) is 8.76. The zero-order valence-corrected chi connectivity index (χ0v) is 15.2. The van der Waals surface area contributed by atoms with Crippen LogP contribution in [0.15, 0.2) is 18.2 Å². The van der Waals surface area contributed by atoms with Crippen LogP contribution in [0.5, 0.6) is 0 Å². The SMILES string of the molecule is COCc1c(C(=O)NCC2CCCNC2)sc2cccc(F)c12.Cl. The minimum absolute atomic E-state index is 0. The van der Waals surface area contributed by atoms with Crippen LogP contribution in [0.4, 0.5) is 4.39 Å². The molecule has 0 radical (unpaired) electrons. The molecule has 2 heterocycles. The lowest BCUT2D eigenvalue weighted by Gasteiger charge is -2.22. The van der Waals surface area contributed by atoms with Crippen LogP contribution in [0.25, 0.3) is 10.1 Å². The Morgan fingerprint density at radius 3 is 3.04 bits per heavy atom. The quantitative estimate of drug-likeness (QED) is 0.846. The highest BCUT2D eigenvalue weighted by Gasteiger charge is 2.21. The Labute approximate surface area is 151 Å². The van der Waals surface area contributed by atoms with E-state index in [1.807, 2.05) is 6.07 Å². The van der Waals surface area contributed by atoms with Crippen molar-refractivity contribution in [3.63, 3.8) is 0 Å². The molecule has 7 heteroatoms. The topological polar surface area (TPSA) is 50.4 Å². The molecule has 1 saturated heterocycles. The van der Waals surface area contributed by atoms with Gasteiger partial charge in [0.05, 0.1) is 11.5 Å². The number of fused-ring (bicyclic) bond motifs is 1. The van der Waals surface area contributed by atoms with Crippen LogP contribution in [0, 0.1) is 11.7 Å². The highest BCUT2D eigenvalue weighted by atomic mass is 35.5. The molecule has 0 aliphatic carbocycles. The summed E-state index contributed by atoms with van der Waals surface area (Å²) in [6, 6.07) is 4.92. The zero-order chi connectivity index (χ0) is 16.2. The number of piperidine rings is 1. The van der Waals surface area contributed by atoms with Crippen molar-refractivity contribution in [1.82, 2.24) is 10.6 Å². The van der Waals surface area contributed by atoms with E-state index in [-0.39, 0.29) is 30.7 Å². The Hall–Kier alpha value is -1.21. The maximum Gasteiger partial charge on any atom is 0.261 e. The van der Waals surface area contributed by atoms with Crippen LogP contribution < -0.4 is 10.6 Å². The van der Waals surface area contributed by atoms with Crippen molar-refractivity contribution in [2.45, 2.75) is 19.4 Å². The number of hydrogen-bond donors (Lipinski definition) is 2. The number of halogens is 2. The number of nitrogens with one attached hydrogen (secondary N) is 2. The Balaban J connectivity index is 0.00000208. The first-order valence-electron chi connectivity index (χ1n) is 7.88. The first-order valence-corrected chi connectivity index (χ1v) is 8.70. The van der Waals surface area contributed by atoms with Gasteiger partial charge in [0.2, 0.25) is 0 Å². The molecule has 1 aromatic heterocycles.